The van der Waals surface area contributed by atoms with Gasteiger partial charge in [0.1, 0.15) is 5.60 Å². The Morgan fingerprint density at radius 2 is 1.81 bits per heavy atom. The van der Waals surface area contributed by atoms with Crippen molar-refractivity contribution in [1.29, 1.82) is 0 Å². The Balaban J connectivity index is 1.40. The van der Waals surface area contributed by atoms with Crippen molar-refractivity contribution < 1.29 is 28.5 Å². The van der Waals surface area contributed by atoms with Crippen LogP contribution < -0.4 is 19.5 Å². The monoisotopic (exact) mass is 428 g/mol. The third-order valence-electron chi connectivity index (χ3n) is 7.13. The van der Waals surface area contributed by atoms with Crippen molar-refractivity contribution in [3.05, 3.63) is 24.3 Å². The third kappa shape index (κ3) is 2.99. The highest BCUT2D eigenvalue weighted by molar-refractivity contribution is 5.99. The first-order valence-electron chi connectivity index (χ1n) is 10.8. The molecule has 2 saturated heterocycles. The van der Waals surface area contributed by atoms with E-state index in [2.05, 4.69) is 5.32 Å². The summed E-state index contributed by atoms with van der Waals surface area (Å²) >= 11 is 0. The molecule has 8 heteroatoms. The minimum atomic E-state index is -0.679. The minimum absolute atomic E-state index is 0.0452. The maximum Gasteiger partial charge on any atom is 0.231 e. The van der Waals surface area contributed by atoms with Gasteiger partial charge in [0.05, 0.1) is 45.8 Å². The SMILES string of the molecule is COc1cc(NC(=O)[C@@H]2[C@H]3C=C[C@@]4(CN(C5CCCC5)C(=O)[C@@H]24)O3)cc(OC)c1OC. The number of ether oxygens (including phenoxy) is 4. The number of likely N-dealkylation sites (tertiary alicyclic amines) is 1. The molecule has 1 aromatic carbocycles. The summed E-state index contributed by atoms with van der Waals surface area (Å²) in [5, 5.41) is 2.94. The molecule has 0 radical (unpaired) electrons. The highest BCUT2D eigenvalue weighted by atomic mass is 16.5. The van der Waals surface area contributed by atoms with E-state index >= 15 is 0 Å². The van der Waals surface area contributed by atoms with E-state index in [1.807, 2.05) is 17.1 Å². The second-order valence-electron chi connectivity index (χ2n) is 8.71. The molecule has 1 aromatic rings. The average Bonchev–Trinajstić information content (AvgIpc) is 3.54. The lowest BCUT2D eigenvalue weighted by atomic mass is 9.76. The molecule has 3 aliphatic heterocycles. The van der Waals surface area contributed by atoms with Gasteiger partial charge in [-0.1, -0.05) is 25.0 Å². The van der Waals surface area contributed by atoms with Crippen molar-refractivity contribution >= 4 is 17.5 Å². The first-order chi connectivity index (χ1) is 15.0. The molecule has 3 heterocycles. The van der Waals surface area contributed by atoms with E-state index in [-0.39, 0.29) is 24.0 Å². The highest BCUT2D eigenvalue weighted by Crippen LogP contribution is 2.53. The van der Waals surface area contributed by atoms with Crippen LogP contribution in [-0.2, 0) is 14.3 Å². The van der Waals surface area contributed by atoms with Gasteiger partial charge in [-0.2, -0.15) is 0 Å². The zero-order chi connectivity index (χ0) is 21.8. The van der Waals surface area contributed by atoms with Gasteiger partial charge in [0.2, 0.25) is 17.6 Å². The molecule has 4 atom stereocenters. The summed E-state index contributed by atoms with van der Waals surface area (Å²) in [6, 6.07) is 3.63. The van der Waals surface area contributed by atoms with E-state index in [9.17, 15) is 9.59 Å². The number of amides is 2. The van der Waals surface area contributed by atoms with Crippen LogP contribution in [0.3, 0.4) is 0 Å². The zero-order valence-electron chi connectivity index (χ0n) is 18.1. The number of carbonyl (C=O) groups excluding carboxylic acids is 2. The molecule has 1 spiro atoms. The normalized spacial score (nSPS) is 31.3. The van der Waals surface area contributed by atoms with Gasteiger partial charge in [-0.25, -0.2) is 0 Å². The lowest BCUT2D eigenvalue weighted by molar-refractivity contribution is -0.137. The van der Waals surface area contributed by atoms with Crippen LogP contribution in [0.1, 0.15) is 25.7 Å². The summed E-state index contributed by atoms with van der Waals surface area (Å²) in [7, 11) is 4.57. The Kier molecular flexibility index (Phi) is 4.84. The number of nitrogens with zero attached hydrogens (tertiary/aromatic N) is 1. The fourth-order valence-corrected chi connectivity index (χ4v) is 5.73. The van der Waals surface area contributed by atoms with Crippen LogP contribution in [0.5, 0.6) is 17.2 Å². The topological polar surface area (TPSA) is 86.3 Å². The van der Waals surface area contributed by atoms with Crippen molar-refractivity contribution in [1.82, 2.24) is 4.90 Å². The molecule has 2 amide bonds. The fraction of sp³-hybridized carbons (Fsp3) is 0.565. The number of anilines is 1. The first-order valence-corrected chi connectivity index (χ1v) is 10.8. The Hall–Kier alpha value is -2.74. The van der Waals surface area contributed by atoms with E-state index in [1.54, 1.807) is 12.1 Å². The quantitative estimate of drug-likeness (QED) is 0.700. The maximum absolute atomic E-state index is 13.4. The average molecular weight is 428 g/mol. The fourth-order valence-electron chi connectivity index (χ4n) is 5.73. The highest BCUT2D eigenvalue weighted by Gasteiger charge is 2.67. The van der Waals surface area contributed by atoms with Crippen LogP contribution in [-0.4, -0.2) is 62.3 Å². The summed E-state index contributed by atoms with van der Waals surface area (Å²) < 4.78 is 22.3. The maximum atomic E-state index is 13.4. The lowest BCUT2D eigenvalue weighted by Gasteiger charge is -2.27. The van der Waals surface area contributed by atoms with Gasteiger partial charge < -0.3 is 29.2 Å². The number of hydrogen-bond donors (Lipinski definition) is 1. The van der Waals surface area contributed by atoms with E-state index in [0.717, 1.165) is 25.7 Å². The summed E-state index contributed by atoms with van der Waals surface area (Å²) in [4.78, 5) is 28.7. The molecular weight excluding hydrogens is 400 g/mol. The smallest absolute Gasteiger partial charge is 0.231 e. The lowest BCUT2D eigenvalue weighted by Crippen LogP contribution is -2.42. The van der Waals surface area contributed by atoms with E-state index in [0.29, 0.717) is 29.5 Å². The van der Waals surface area contributed by atoms with Gasteiger partial charge in [-0.05, 0) is 12.8 Å². The summed E-state index contributed by atoms with van der Waals surface area (Å²) in [6.45, 7) is 0.544. The van der Waals surface area contributed by atoms with Gasteiger partial charge in [-0.15, -0.1) is 0 Å². The number of nitrogens with one attached hydrogen (secondary N) is 1. The molecule has 1 N–H and O–H groups in total. The van der Waals surface area contributed by atoms with Gasteiger partial charge in [0, 0.05) is 23.9 Å². The van der Waals surface area contributed by atoms with Crippen molar-refractivity contribution in [2.45, 2.75) is 43.4 Å². The number of fused-ring (bicyclic) bond motifs is 1. The predicted octanol–water partition coefficient (Wildman–Crippen LogP) is 2.38. The second-order valence-corrected chi connectivity index (χ2v) is 8.71. The molecule has 0 unspecified atom stereocenters. The Morgan fingerprint density at radius 3 is 2.42 bits per heavy atom. The third-order valence-corrected chi connectivity index (χ3v) is 7.13. The number of hydrogen-bond acceptors (Lipinski definition) is 6. The van der Waals surface area contributed by atoms with Crippen molar-refractivity contribution in [2.75, 3.05) is 33.2 Å². The molecule has 1 aliphatic carbocycles. The Morgan fingerprint density at radius 1 is 1.13 bits per heavy atom. The molecule has 0 aromatic heterocycles. The summed E-state index contributed by atoms with van der Waals surface area (Å²) in [5.41, 5.74) is -0.167. The molecule has 166 valence electrons. The molecule has 8 nitrogen and oxygen atoms in total. The molecule has 31 heavy (non-hydrogen) atoms. The van der Waals surface area contributed by atoms with Crippen LogP contribution >= 0.6 is 0 Å². The molecule has 3 fully saturated rings. The van der Waals surface area contributed by atoms with E-state index in [1.165, 1.54) is 21.3 Å². The van der Waals surface area contributed by atoms with Gasteiger partial charge in [0.15, 0.2) is 11.5 Å². The minimum Gasteiger partial charge on any atom is -0.493 e. The molecular formula is C23H28N2O6. The molecule has 4 aliphatic rings. The van der Waals surface area contributed by atoms with Crippen LogP contribution in [0.4, 0.5) is 5.69 Å². The van der Waals surface area contributed by atoms with Crippen LogP contribution in [0, 0.1) is 11.8 Å². The zero-order valence-corrected chi connectivity index (χ0v) is 18.1. The van der Waals surface area contributed by atoms with Gasteiger partial charge in [0.25, 0.3) is 0 Å². The second kappa shape index (κ2) is 7.44. The summed E-state index contributed by atoms with van der Waals surface area (Å²) in [5.74, 6) is 0.101. The number of benzene rings is 1. The van der Waals surface area contributed by atoms with Crippen molar-refractivity contribution in [3.63, 3.8) is 0 Å². The number of rotatable bonds is 6. The van der Waals surface area contributed by atoms with Crippen molar-refractivity contribution in [3.8, 4) is 17.2 Å². The standard InChI is InChI=1S/C23H28N2O6/c1-28-16-10-13(11-17(29-2)20(16)30-3)24-21(26)18-15-8-9-23(31-15)12-25(22(27)19(18)23)14-6-4-5-7-14/h8-11,14-15,18-19H,4-7,12H2,1-3H3,(H,24,26)/t15-,18-,19-,23+/m1/s1. The van der Waals surface area contributed by atoms with Crippen LogP contribution in [0.2, 0.25) is 0 Å². The van der Waals surface area contributed by atoms with Crippen LogP contribution in [0.15, 0.2) is 24.3 Å². The summed E-state index contributed by atoms with van der Waals surface area (Å²) in [6.07, 6.45) is 7.91. The number of methoxy groups -OCH3 is 3. The largest absolute Gasteiger partial charge is 0.493 e. The Bertz CT molecular complexity index is 915. The molecule has 2 bridgehead atoms. The Labute approximate surface area is 181 Å². The predicted molar refractivity (Wildman–Crippen MR) is 112 cm³/mol. The number of carbonyl (C=O) groups is 2. The van der Waals surface area contributed by atoms with Gasteiger partial charge in [-0.3, -0.25) is 9.59 Å². The van der Waals surface area contributed by atoms with E-state index in [4.69, 9.17) is 18.9 Å². The van der Waals surface area contributed by atoms with Crippen LogP contribution in [0.25, 0.3) is 0 Å². The molecule has 5 rings (SSSR count). The molecule has 1 saturated carbocycles. The van der Waals surface area contributed by atoms with Crippen molar-refractivity contribution in [2.24, 2.45) is 11.8 Å². The van der Waals surface area contributed by atoms with Gasteiger partial charge >= 0.3 is 0 Å². The first kappa shape index (κ1) is 20.2. The van der Waals surface area contributed by atoms with E-state index < -0.39 is 17.4 Å².